The topological polar surface area (TPSA) is 30.8 Å². The first kappa shape index (κ1) is 19.6. The van der Waals surface area contributed by atoms with Gasteiger partial charge < -0.3 is 9.47 Å². The molecule has 3 nitrogen and oxygen atoms in total. The molecule has 0 fully saturated rings. The van der Waals surface area contributed by atoms with Gasteiger partial charge in [0.05, 0.1) is 18.2 Å². The van der Waals surface area contributed by atoms with Crippen LogP contribution >= 0.6 is 0 Å². The summed E-state index contributed by atoms with van der Waals surface area (Å²) in [7, 11) is 0. The van der Waals surface area contributed by atoms with Crippen molar-refractivity contribution in [1.82, 2.24) is 0 Å². The zero-order valence-corrected chi connectivity index (χ0v) is 14.9. The summed E-state index contributed by atoms with van der Waals surface area (Å²) in [6, 6.07) is 4.39. The predicted octanol–water partition coefficient (Wildman–Crippen LogP) is 5.41. The number of benzene rings is 1. The van der Waals surface area contributed by atoms with Crippen molar-refractivity contribution >= 4 is 5.90 Å². The van der Waals surface area contributed by atoms with Gasteiger partial charge in [0, 0.05) is 6.92 Å². The molecule has 1 aliphatic heterocycles. The fraction of sp³-hybridized carbons (Fsp3) is 0.632. The van der Waals surface area contributed by atoms with Crippen molar-refractivity contribution in [2.45, 2.75) is 64.6 Å². The number of rotatable bonds is 9. The van der Waals surface area contributed by atoms with Crippen LogP contribution in [0.3, 0.4) is 0 Å². The third-order valence-electron chi connectivity index (χ3n) is 4.22. The minimum atomic E-state index is -4.42. The highest BCUT2D eigenvalue weighted by atomic mass is 19.4. The largest absolute Gasteiger partial charge is 0.493 e. The number of aliphatic imine (C=N–C) groups is 1. The van der Waals surface area contributed by atoms with Crippen molar-refractivity contribution in [2.75, 3.05) is 13.2 Å². The van der Waals surface area contributed by atoms with Crippen molar-refractivity contribution in [2.24, 2.45) is 4.99 Å². The molecule has 140 valence electrons. The second kappa shape index (κ2) is 9.11. The predicted molar refractivity (Wildman–Crippen MR) is 92.3 cm³/mol. The summed E-state index contributed by atoms with van der Waals surface area (Å²) in [4.78, 5) is 4.30. The van der Waals surface area contributed by atoms with E-state index in [2.05, 4.69) is 11.9 Å². The Hall–Kier alpha value is -1.72. The van der Waals surface area contributed by atoms with Gasteiger partial charge in [-0.15, -0.1) is 0 Å². The molecular formula is C19H26F3NO2. The van der Waals surface area contributed by atoms with Crippen LogP contribution in [0.25, 0.3) is 0 Å². The molecule has 25 heavy (non-hydrogen) atoms. The van der Waals surface area contributed by atoms with E-state index in [9.17, 15) is 13.2 Å². The summed E-state index contributed by atoms with van der Waals surface area (Å²) < 4.78 is 50.7. The molecule has 0 amide bonds. The molecule has 0 aliphatic carbocycles. The molecule has 1 aromatic rings. The summed E-state index contributed by atoms with van der Waals surface area (Å²) >= 11 is 0. The van der Waals surface area contributed by atoms with Gasteiger partial charge in [-0.3, -0.25) is 0 Å². The smallest absolute Gasteiger partial charge is 0.419 e. The van der Waals surface area contributed by atoms with Gasteiger partial charge in [0.25, 0.3) is 0 Å². The van der Waals surface area contributed by atoms with Gasteiger partial charge in [-0.2, -0.15) is 13.2 Å². The lowest BCUT2D eigenvalue weighted by Crippen LogP contribution is -2.11. The normalized spacial score (nSPS) is 17.3. The summed E-state index contributed by atoms with van der Waals surface area (Å²) in [5, 5.41) is 0. The first-order valence-corrected chi connectivity index (χ1v) is 8.90. The van der Waals surface area contributed by atoms with Crippen LogP contribution in [0.1, 0.15) is 57.1 Å². The Kier molecular flexibility index (Phi) is 7.14. The van der Waals surface area contributed by atoms with Crippen molar-refractivity contribution in [3.8, 4) is 5.75 Å². The van der Waals surface area contributed by atoms with Gasteiger partial charge in [-0.1, -0.05) is 32.3 Å². The number of alkyl halides is 3. The van der Waals surface area contributed by atoms with E-state index in [1.807, 2.05) is 0 Å². The van der Waals surface area contributed by atoms with E-state index in [1.54, 1.807) is 13.0 Å². The number of halogens is 3. The van der Waals surface area contributed by atoms with Crippen molar-refractivity contribution in [3.63, 3.8) is 0 Å². The van der Waals surface area contributed by atoms with Crippen LogP contribution in [0.2, 0.25) is 0 Å². The lowest BCUT2D eigenvalue weighted by molar-refractivity contribution is -0.139. The van der Waals surface area contributed by atoms with E-state index in [0.717, 1.165) is 25.7 Å². The molecule has 2 rings (SSSR count). The second-order valence-corrected chi connectivity index (χ2v) is 6.39. The van der Waals surface area contributed by atoms with Crippen LogP contribution < -0.4 is 4.74 Å². The number of aryl methyl sites for hydroxylation is 1. The van der Waals surface area contributed by atoms with Gasteiger partial charge in [-0.25, -0.2) is 4.99 Å². The number of ether oxygens (including phenoxy) is 2. The third kappa shape index (κ3) is 6.25. The first-order valence-electron chi connectivity index (χ1n) is 8.90. The summed E-state index contributed by atoms with van der Waals surface area (Å²) in [5.41, 5.74) is -0.0479. The van der Waals surface area contributed by atoms with Crippen LogP contribution in [0.5, 0.6) is 5.75 Å². The number of nitrogens with zero attached hydrogens (tertiary/aromatic N) is 1. The molecule has 0 bridgehead atoms. The minimum absolute atomic E-state index is 0.0313. The number of hydrogen-bond acceptors (Lipinski definition) is 3. The molecule has 1 aromatic carbocycles. The molecule has 1 unspecified atom stereocenters. The molecule has 0 saturated heterocycles. The average Bonchev–Trinajstić information content (AvgIpc) is 2.98. The monoisotopic (exact) mass is 357 g/mol. The number of unbranched alkanes of at least 4 members (excludes halogenated alkanes) is 3. The van der Waals surface area contributed by atoms with Crippen LogP contribution in [-0.2, 0) is 17.3 Å². The van der Waals surface area contributed by atoms with E-state index < -0.39 is 11.7 Å². The number of hydrogen-bond donors (Lipinski definition) is 0. The summed E-state index contributed by atoms with van der Waals surface area (Å²) in [6.07, 6.45) is 0.682. The van der Waals surface area contributed by atoms with E-state index in [0.29, 0.717) is 37.5 Å². The minimum Gasteiger partial charge on any atom is -0.493 e. The fourth-order valence-corrected chi connectivity index (χ4v) is 2.82. The van der Waals surface area contributed by atoms with Crippen molar-refractivity contribution in [1.29, 1.82) is 0 Å². The van der Waals surface area contributed by atoms with Gasteiger partial charge in [0.1, 0.15) is 12.4 Å². The molecule has 0 saturated carbocycles. The van der Waals surface area contributed by atoms with Gasteiger partial charge in [-0.05, 0) is 37.0 Å². The molecule has 0 N–H and O–H groups in total. The van der Waals surface area contributed by atoms with E-state index >= 15 is 0 Å². The average molecular weight is 357 g/mol. The molecule has 0 radical (unpaired) electrons. The quantitative estimate of drug-likeness (QED) is 0.553. The Morgan fingerprint density at radius 2 is 2.04 bits per heavy atom. The maximum absolute atomic E-state index is 13.3. The standard InChI is InChI=1S/C19H26F3NO2/c1-3-4-5-6-11-24-18-10-8-15(12-17(18)19(20,21)22)7-9-16-13-25-14(2)23-16/h8,10,12,16H,3-7,9,11,13H2,1-2H3. The molecule has 1 heterocycles. The highest BCUT2D eigenvalue weighted by Gasteiger charge is 2.34. The second-order valence-electron chi connectivity index (χ2n) is 6.39. The maximum atomic E-state index is 13.3. The van der Waals surface area contributed by atoms with Crippen molar-refractivity contribution < 1.29 is 22.6 Å². The van der Waals surface area contributed by atoms with Gasteiger partial charge in [0.15, 0.2) is 5.90 Å². The Bertz CT molecular complexity index is 585. The van der Waals surface area contributed by atoms with Crippen molar-refractivity contribution in [3.05, 3.63) is 29.3 Å². The lowest BCUT2D eigenvalue weighted by Gasteiger charge is -2.16. The van der Waals surface area contributed by atoms with Gasteiger partial charge >= 0.3 is 6.18 Å². The zero-order valence-electron chi connectivity index (χ0n) is 14.9. The SMILES string of the molecule is CCCCCCOc1ccc(CCC2COC(C)=N2)cc1C(F)(F)F. The Balaban J connectivity index is 1.98. The lowest BCUT2D eigenvalue weighted by atomic mass is 10.0. The van der Waals surface area contributed by atoms with Crippen LogP contribution in [0.15, 0.2) is 23.2 Å². The third-order valence-corrected chi connectivity index (χ3v) is 4.22. The van der Waals surface area contributed by atoms with Crippen LogP contribution in [0, 0.1) is 0 Å². The molecule has 0 spiro atoms. The zero-order chi connectivity index (χ0) is 18.3. The van der Waals surface area contributed by atoms with E-state index in [1.165, 1.54) is 12.1 Å². The maximum Gasteiger partial charge on any atom is 0.419 e. The summed E-state index contributed by atoms with van der Waals surface area (Å²) in [6.45, 7) is 4.70. The van der Waals surface area contributed by atoms with E-state index in [-0.39, 0.29) is 11.8 Å². The molecule has 6 heteroatoms. The molecule has 1 aliphatic rings. The molecular weight excluding hydrogens is 331 g/mol. The fourth-order valence-electron chi connectivity index (χ4n) is 2.82. The highest BCUT2D eigenvalue weighted by Crippen LogP contribution is 2.37. The summed E-state index contributed by atoms with van der Waals surface area (Å²) in [5.74, 6) is 0.568. The molecule has 0 aromatic heterocycles. The first-order chi connectivity index (χ1) is 11.9. The van der Waals surface area contributed by atoms with Crippen LogP contribution in [0.4, 0.5) is 13.2 Å². The molecule has 1 atom stereocenters. The Morgan fingerprint density at radius 3 is 2.68 bits per heavy atom. The van der Waals surface area contributed by atoms with Gasteiger partial charge in [0.2, 0.25) is 0 Å². The van der Waals surface area contributed by atoms with Crippen LogP contribution in [-0.4, -0.2) is 25.2 Å². The highest BCUT2D eigenvalue weighted by molar-refractivity contribution is 5.74. The Morgan fingerprint density at radius 1 is 1.24 bits per heavy atom. The Labute approximate surface area is 147 Å². The van der Waals surface area contributed by atoms with E-state index in [4.69, 9.17) is 9.47 Å².